The Kier molecular flexibility index (Phi) is 6.90. The van der Waals surface area contributed by atoms with Gasteiger partial charge in [0, 0.05) is 16.7 Å². The molecule has 1 nitrogen and oxygen atoms in total. The van der Waals surface area contributed by atoms with Crippen molar-refractivity contribution in [3.63, 3.8) is 0 Å². The molecule has 0 saturated heterocycles. The molecule has 0 amide bonds. The molecule has 0 radical (unpaired) electrons. The molecule has 0 spiro atoms. The summed E-state index contributed by atoms with van der Waals surface area (Å²) in [5.74, 6) is -1.21. The number of rotatable bonds is 4. The highest BCUT2D eigenvalue weighted by Crippen LogP contribution is 2.31. The Balaban J connectivity index is 0.000000260. The van der Waals surface area contributed by atoms with Gasteiger partial charge in [0.2, 0.25) is 0 Å². The minimum Gasteiger partial charge on any atom is -0.298 e. The normalized spacial score (nSPS) is 11.4. The third kappa shape index (κ3) is 5.28. The van der Waals surface area contributed by atoms with E-state index in [1.54, 1.807) is 12.1 Å². The highest BCUT2D eigenvalue weighted by atomic mass is 19.2. The molecule has 140 valence electrons. The Hall–Kier alpha value is -2.43. The van der Waals surface area contributed by atoms with Crippen LogP contribution in [0.3, 0.4) is 0 Å². The summed E-state index contributed by atoms with van der Waals surface area (Å²) in [7, 11) is 0. The third-order valence-electron chi connectivity index (χ3n) is 3.63. The summed E-state index contributed by atoms with van der Waals surface area (Å²) in [6.07, 6.45) is 1.92. The van der Waals surface area contributed by atoms with Gasteiger partial charge in [0.1, 0.15) is 23.0 Å². The van der Waals surface area contributed by atoms with Crippen molar-refractivity contribution in [3.05, 3.63) is 76.9 Å². The van der Waals surface area contributed by atoms with Crippen LogP contribution in [0.15, 0.2) is 43.0 Å². The standard InChI is InChI=1S/C11H12F2.C10H10F2O/c1-4-8-6-5-7-9(12)10(8)11(2,3)13;1-10(2,12)9-7(6-13)4-3-5-8(9)11/h4-7H,1H2,2-3H3;3-6H,1-2H3. The molecule has 0 saturated carbocycles. The third-order valence-corrected chi connectivity index (χ3v) is 3.63. The molecule has 26 heavy (non-hydrogen) atoms. The van der Waals surface area contributed by atoms with E-state index in [0.29, 0.717) is 11.8 Å². The fourth-order valence-electron chi connectivity index (χ4n) is 2.60. The zero-order valence-electron chi connectivity index (χ0n) is 15.2. The number of halogens is 4. The van der Waals surface area contributed by atoms with E-state index in [1.807, 2.05) is 0 Å². The smallest absolute Gasteiger partial charge is 0.150 e. The van der Waals surface area contributed by atoms with E-state index in [0.717, 1.165) is 6.07 Å². The van der Waals surface area contributed by atoms with Gasteiger partial charge < -0.3 is 0 Å². The minimum absolute atomic E-state index is 0.0625. The molecule has 5 heteroatoms. The van der Waals surface area contributed by atoms with Crippen LogP contribution in [0.1, 0.15) is 54.7 Å². The van der Waals surface area contributed by atoms with Gasteiger partial charge in [-0.25, -0.2) is 17.6 Å². The molecule has 0 aromatic heterocycles. The molecule has 0 aliphatic heterocycles. The van der Waals surface area contributed by atoms with Crippen molar-refractivity contribution in [2.24, 2.45) is 0 Å². The number of hydrogen-bond acceptors (Lipinski definition) is 1. The number of alkyl halides is 2. The second-order valence-electron chi connectivity index (χ2n) is 6.68. The molecule has 0 atom stereocenters. The number of carbonyl (C=O) groups excluding carboxylic acids is 1. The fourth-order valence-corrected chi connectivity index (χ4v) is 2.60. The van der Waals surface area contributed by atoms with E-state index in [2.05, 4.69) is 6.58 Å². The Labute approximate surface area is 151 Å². The Morgan fingerprint density at radius 1 is 0.808 bits per heavy atom. The van der Waals surface area contributed by atoms with Gasteiger partial charge in [-0.1, -0.05) is 36.9 Å². The summed E-state index contributed by atoms with van der Waals surface area (Å²) < 4.78 is 53.4. The number of benzene rings is 2. The maximum atomic E-state index is 13.5. The van der Waals surface area contributed by atoms with E-state index in [9.17, 15) is 22.4 Å². The summed E-state index contributed by atoms with van der Waals surface area (Å²) in [5, 5.41) is 0. The molecular weight excluding hydrogens is 344 g/mol. The van der Waals surface area contributed by atoms with E-state index < -0.39 is 23.0 Å². The van der Waals surface area contributed by atoms with Crippen LogP contribution in [0, 0.1) is 11.6 Å². The van der Waals surface area contributed by atoms with Gasteiger partial charge in [-0.05, 0) is 45.4 Å². The zero-order chi connectivity index (χ0) is 20.1. The molecule has 0 heterocycles. The summed E-state index contributed by atoms with van der Waals surface area (Å²) >= 11 is 0. The lowest BCUT2D eigenvalue weighted by molar-refractivity contribution is 0.111. The SMILES string of the molecule is C=Cc1cccc(F)c1C(C)(C)F.CC(C)(F)c1c(F)cccc1C=O. The zero-order valence-corrected chi connectivity index (χ0v) is 15.2. The van der Waals surface area contributed by atoms with Gasteiger partial charge in [-0.3, -0.25) is 4.79 Å². The van der Waals surface area contributed by atoms with Crippen molar-refractivity contribution in [2.75, 3.05) is 0 Å². The minimum atomic E-state index is -1.83. The summed E-state index contributed by atoms with van der Waals surface area (Å²) in [6.45, 7) is 8.62. The van der Waals surface area contributed by atoms with Crippen LogP contribution in [-0.2, 0) is 11.3 Å². The maximum absolute atomic E-state index is 13.5. The first kappa shape index (κ1) is 21.6. The molecule has 0 N–H and O–H groups in total. The predicted octanol–water partition coefficient (Wildman–Crippen LogP) is 6.52. The summed E-state index contributed by atoms with van der Waals surface area (Å²) in [4.78, 5) is 10.5. The van der Waals surface area contributed by atoms with Crippen LogP contribution in [-0.4, -0.2) is 6.29 Å². The van der Waals surface area contributed by atoms with Crippen molar-refractivity contribution in [3.8, 4) is 0 Å². The lowest BCUT2D eigenvalue weighted by Crippen LogP contribution is -2.14. The van der Waals surface area contributed by atoms with Gasteiger partial charge in [0.05, 0.1) is 0 Å². The highest BCUT2D eigenvalue weighted by molar-refractivity contribution is 5.77. The van der Waals surface area contributed by atoms with Crippen molar-refractivity contribution in [2.45, 2.75) is 39.0 Å². The van der Waals surface area contributed by atoms with Crippen LogP contribution >= 0.6 is 0 Å². The molecule has 0 fully saturated rings. The molecule has 0 aliphatic carbocycles. The average Bonchev–Trinajstić information content (AvgIpc) is 2.52. The Morgan fingerprint density at radius 2 is 1.19 bits per heavy atom. The first-order valence-corrected chi connectivity index (χ1v) is 7.97. The van der Waals surface area contributed by atoms with Crippen LogP contribution in [0.4, 0.5) is 17.6 Å². The first-order chi connectivity index (χ1) is 11.9. The second kappa shape index (κ2) is 8.30. The predicted molar refractivity (Wildman–Crippen MR) is 96.5 cm³/mol. The van der Waals surface area contributed by atoms with Crippen molar-refractivity contribution >= 4 is 12.4 Å². The van der Waals surface area contributed by atoms with Crippen LogP contribution in [0.25, 0.3) is 6.08 Å². The van der Waals surface area contributed by atoms with Gasteiger partial charge in [0.25, 0.3) is 0 Å². The van der Waals surface area contributed by atoms with Crippen molar-refractivity contribution in [1.82, 2.24) is 0 Å². The number of carbonyl (C=O) groups is 1. The van der Waals surface area contributed by atoms with Crippen molar-refractivity contribution in [1.29, 1.82) is 0 Å². The first-order valence-electron chi connectivity index (χ1n) is 7.97. The van der Waals surface area contributed by atoms with Gasteiger partial charge in [-0.2, -0.15) is 0 Å². The summed E-state index contributed by atoms with van der Waals surface area (Å²) in [5.41, 5.74) is -3.04. The Bertz CT molecular complexity index is 716. The highest BCUT2D eigenvalue weighted by Gasteiger charge is 2.26. The molecule has 0 aliphatic rings. The van der Waals surface area contributed by atoms with Crippen molar-refractivity contribution < 1.29 is 22.4 Å². The van der Waals surface area contributed by atoms with E-state index >= 15 is 0 Å². The fraction of sp³-hybridized carbons (Fsp3) is 0.286. The second-order valence-corrected chi connectivity index (χ2v) is 6.68. The number of aldehydes is 1. The molecule has 0 unspecified atom stereocenters. The largest absolute Gasteiger partial charge is 0.298 e. The van der Waals surface area contributed by atoms with Crippen LogP contribution < -0.4 is 0 Å². The lowest BCUT2D eigenvalue weighted by Gasteiger charge is -2.18. The molecule has 2 rings (SSSR count). The quantitative estimate of drug-likeness (QED) is 0.445. The maximum Gasteiger partial charge on any atom is 0.150 e. The Morgan fingerprint density at radius 3 is 1.46 bits per heavy atom. The lowest BCUT2D eigenvalue weighted by atomic mass is 9.94. The van der Waals surface area contributed by atoms with Crippen LogP contribution in [0.5, 0.6) is 0 Å². The molecular formula is C21H22F4O. The molecule has 0 bridgehead atoms. The van der Waals surface area contributed by atoms with Gasteiger partial charge in [-0.15, -0.1) is 0 Å². The van der Waals surface area contributed by atoms with Gasteiger partial charge >= 0.3 is 0 Å². The monoisotopic (exact) mass is 366 g/mol. The van der Waals surface area contributed by atoms with E-state index in [4.69, 9.17) is 0 Å². The van der Waals surface area contributed by atoms with Crippen LogP contribution in [0.2, 0.25) is 0 Å². The van der Waals surface area contributed by atoms with Gasteiger partial charge in [0.15, 0.2) is 6.29 Å². The number of hydrogen-bond donors (Lipinski definition) is 0. The van der Waals surface area contributed by atoms with E-state index in [-0.39, 0.29) is 16.7 Å². The average molecular weight is 366 g/mol. The molecule has 2 aromatic carbocycles. The molecule has 2 aromatic rings. The van der Waals surface area contributed by atoms with E-state index in [1.165, 1.54) is 52.0 Å². The summed E-state index contributed by atoms with van der Waals surface area (Å²) in [6, 6.07) is 8.36. The topological polar surface area (TPSA) is 17.1 Å².